The van der Waals surface area contributed by atoms with Crippen molar-refractivity contribution in [1.29, 1.82) is 0 Å². The Kier molecular flexibility index (Phi) is 13.6. The molecule has 3 rings (SSSR count). The average molecular weight is 591 g/mol. The monoisotopic (exact) mass is 590 g/mol. The van der Waals surface area contributed by atoms with Crippen LogP contribution >= 0.6 is 0 Å². The molecular formula is C35H46O6Si. The standard InChI is InChI=1S/C35H46O6Si/c1-28(14-8-5-13-19-34(36)38-20-21-42(2,3)4)41-35(37)24-31-22-32(39-26-29-15-9-6-10-16-29)25-33(23-31)40-27-30-17-11-7-12-18-30/h6-7,9-12,15-18,22-23,25,28H,5,8,13-14,19-21,24,26-27H2,1-4H3. The Labute approximate surface area is 252 Å². The Morgan fingerprint density at radius 2 is 1.29 bits per heavy atom. The van der Waals surface area contributed by atoms with Gasteiger partial charge in [0.2, 0.25) is 0 Å². The molecule has 0 amide bonds. The lowest BCUT2D eigenvalue weighted by molar-refractivity contribution is -0.147. The smallest absolute Gasteiger partial charge is 0.310 e. The van der Waals surface area contributed by atoms with Gasteiger partial charge in [-0.1, -0.05) is 86.7 Å². The molecule has 0 bridgehead atoms. The van der Waals surface area contributed by atoms with E-state index in [1.165, 1.54) is 0 Å². The normalized spacial score (nSPS) is 11.9. The lowest BCUT2D eigenvalue weighted by Gasteiger charge is -2.15. The summed E-state index contributed by atoms with van der Waals surface area (Å²) in [4.78, 5) is 24.7. The molecule has 0 heterocycles. The quantitative estimate of drug-likeness (QED) is 0.0846. The number of carbonyl (C=O) groups is 2. The minimum absolute atomic E-state index is 0.116. The van der Waals surface area contributed by atoms with Crippen molar-refractivity contribution in [2.45, 2.75) is 90.5 Å². The largest absolute Gasteiger partial charge is 0.489 e. The van der Waals surface area contributed by atoms with Crippen molar-refractivity contribution in [2.24, 2.45) is 0 Å². The van der Waals surface area contributed by atoms with Gasteiger partial charge < -0.3 is 18.9 Å². The van der Waals surface area contributed by atoms with Gasteiger partial charge in [0.25, 0.3) is 0 Å². The maximum absolute atomic E-state index is 12.8. The van der Waals surface area contributed by atoms with E-state index >= 15 is 0 Å². The van der Waals surface area contributed by atoms with Gasteiger partial charge in [-0.05, 0) is 61.1 Å². The zero-order valence-corrected chi connectivity index (χ0v) is 26.6. The van der Waals surface area contributed by atoms with Crippen LogP contribution < -0.4 is 9.47 Å². The summed E-state index contributed by atoms with van der Waals surface area (Å²) in [6, 6.07) is 26.5. The lowest BCUT2D eigenvalue weighted by Crippen LogP contribution is -2.22. The van der Waals surface area contributed by atoms with E-state index in [-0.39, 0.29) is 24.5 Å². The van der Waals surface area contributed by atoms with Crippen molar-refractivity contribution < 1.29 is 28.5 Å². The molecule has 226 valence electrons. The van der Waals surface area contributed by atoms with Crippen LogP contribution in [0.15, 0.2) is 78.9 Å². The summed E-state index contributed by atoms with van der Waals surface area (Å²) in [6.45, 7) is 10.1. The molecule has 0 aliphatic rings. The first-order valence-corrected chi connectivity index (χ1v) is 18.7. The molecule has 3 aromatic rings. The van der Waals surface area contributed by atoms with Gasteiger partial charge in [-0.25, -0.2) is 0 Å². The summed E-state index contributed by atoms with van der Waals surface area (Å²) in [5.41, 5.74) is 2.89. The molecule has 7 heteroatoms. The molecule has 0 saturated carbocycles. The molecule has 0 spiro atoms. The van der Waals surface area contributed by atoms with E-state index in [4.69, 9.17) is 18.9 Å². The minimum Gasteiger partial charge on any atom is -0.489 e. The third-order valence-electron chi connectivity index (χ3n) is 6.72. The first-order chi connectivity index (χ1) is 20.2. The van der Waals surface area contributed by atoms with Crippen LogP contribution in [0, 0.1) is 0 Å². The first kappa shape index (κ1) is 32.9. The summed E-state index contributed by atoms with van der Waals surface area (Å²) < 4.78 is 23.2. The van der Waals surface area contributed by atoms with Crippen molar-refractivity contribution in [3.05, 3.63) is 95.6 Å². The van der Waals surface area contributed by atoms with Gasteiger partial charge in [-0.3, -0.25) is 9.59 Å². The fourth-order valence-electron chi connectivity index (χ4n) is 4.29. The molecule has 1 atom stereocenters. The van der Waals surface area contributed by atoms with E-state index in [0.717, 1.165) is 48.4 Å². The van der Waals surface area contributed by atoms with E-state index < -0.39 is 8.07 Å². The van der Waals surface area contributed by atoms with Crippen LogP contribution in [0.4, 0.5) is 0 Å². The van der Waals surface area contributed by atoms with E-state index in [1.54, 1.807) is 0 Å². The summed E-state index contributed by atoms with van der Waals surface area (Å²) in [5, 5.41) is 0. The molecule has 6 nitrogen and oxygen atoms in total. The topological polar surface area (TPSA) is 71.1 Å². The van der Waals surface area contributed by atoms with Crippen LogP contribution in [0.25, 0.3) is 0 Å². The Morgan fingerprint density at radius 3 is 1.83 bits per heavy atom. The van der Waals surface area contributed by atoms with E-state index in [1.807, 2.05) is 85.8 Å². The van der Waals surface area contributed by atoms with Gasteiger partial charge in [-0.2, -0.15) is 0 Å². The molecule has 0 saturated heterocycles. The zero-order chi connectivity index (χ0) is 30.2. The first-order valence-electron chi connectivity index (χ1n) is 15.0. The van der Waals surface area contributed by atoms with Gasteiger partial charge in [0.15, 0.2) is 0 Å². The van der Waals surface area contributed by atoms with Crippen molar-refractivity contribution in [3.63, 3.8) is 0 Å². The number of ether oxygens (including phenoxy) is 4. The van der Waals surface area contributed by atoms with Crippen molar-refractivity contribution in [2.75, 3.05) is 6.61 Å². The highest BCUT2D eigenvalue weighted by atomic mass is 28.3. The highest BCUT2D eigenvalue weighted by molar-refractivity contribution is 6.76. The Balaban J connectivity index is 1.46. The Morgan fingerprint density at radius 1 is 0.714 bits per heavy atom. The van der Waals surface area contributed by atoms with E-state index in [0.29, 0.717) is 37.7 Å². The van der Waals surface area contributed by atoms with E-state index in [9.17, 15) is 9.59 Å². The predicted molar refractivity (Wildman–Crippen MR) is 169 cm³/mol. The van der Waals surface area contributed by atoms with Gasteiger partial charge in [0, 0.05) is 20.6 Å². The lowest BCUT2D eigenvalue weighted by atomic mass is 10.1. The highest BCUT2D eigenvalue weighted by Gasteiger charge is 2.15. The number of benzene rings is 3. The van der Waals surface area contributed by atoms with Crippen molar-refractivity contribution >= 4 is 20.0 Å². The summed E-state index contributed by atoms with van der Waals surface area (Å²) in [7, 11) is -1.19. The molecule has 0 aliphatic carbocycles. The number of hydrogen-bond acceptors (Lipinski definition) is 6. The Hall–Kier alpha value is -3.58. The fourth-order valence-corrected chi connectivity index (χ4v) is 5.01. The summed E-state index contributed by atoms with van der Waals surface area (Å²) >= 11 is 0. The SMILES string of the molecule is CC(CCCCCC(=O)OCC[Si](C)(C)C)OC(=O)Cc1cc(OCc2ccccc2)cc(OCc2ccccc2)c1. The summed E-state index contributed by atoms with van der Waals surface area (Å²) in [5.74, 6) is 0.871. The second-order valence-corrected chi connectivity index (χ2v) is 17.6. The second kappa shape index (κ2) is 17.4. The molecule has 0 radical (unpaired) electrons. The van der Waals surface area contributed by atoms with Crippen molar-refractivity contribution in [1.82, 2.24) is 0 Å². The van der Waals surface area contributed by atoms with Crippen LogP contribution in [0.5, 0.6) is 11.5 Å². The highest BCUT2D eigenvalue weighted by Crippen LogP contribution is 2.26. The van der Waals surface area contributed by atoms with Crippen LogP contribution in [0.1, 0.15) is 55.7 Å². The van der Waals surface area contributed by atoms with Crippen LogP contribution in [-0.4, -0.2) is 32.7 Å². The van der Waals surface area contributed by atoms with Gasteiger partial charge >= 0.3 is 11.9 Å². The third kappa shape index (κ3) is 13.9. The summed E-state index contributed by atoms with van der Waals surface area (Å²) in [6.07, 6.45) is 3.68. The molecule has 42 heavy (non-hydrogen) atoms. The van der Waals surface area contributed by atoms with Crippen LogP contribution in [0.3, 0.4) is 0 Å². The van der Waals surface area contributed by atoms with Gasteiger partial charge in [0.05, 0.1) is 19.1 Å². The number of esters is 2. The average Bonchev–Trinajstić information content (AvgIpc) is 2.95. The minimum atomic E-state index is -1.19. The van der Waals surface area contributed by atoms with Crippen LogP contribution in [-0.2, 0) is 38.7 Å². The van der Waals surface area contributed by atoms with Crippen LogP contribution in [0.2, 0.25) is 25.7 Å². The number of hydrogen-bond donors (Lipinski definition) is 0. The molecule has 0 aromatic heterocycles. The number of rotatable bonds is 18. The Bertz CT molecular complexity index is 1160. The molecule has 0 aliphatic heterocycles. The van der Waals surface area contributed by atoms with Gasteiger partial charge in [0.1, 0.15) is 24.7 Å². The van der Waals surface area contributed by atoms with Gasteiger partial charge in [-0.15, -0.1) is 0 Å². The molecule has 0 fully saturated rings. The van der Waals surface area contributed by atoms with E-state index in [2.05, 4.69) is 19.6 Å². The zero-order valence-electron chi connectivity index (χ0n) is 25.6. The molecule has 3 aromatic carbocycles. The fraction of sp³-hybridized carbons (Fsp3) is 0.429. The molecule has 1 unspecified atom stereocenters. The number of unbranched alkanes of at least 4 members (excludes halogenated alkanes) is 2. The second-order valence-electron chi connectivity index (χ2n) is 12.0. The molecular weight excluding hydrogens is 544 g/mol. The molecule has 0 N–H and O–H groups in total. The van der Waals surface area contributed by atoms with Crippen molar-refractivity contribution in [3.8, 4) is 11.5 Å². The third-order valence-corrected chi connectivity index (χ3v) is 8.43. The maximum atomic E-state index is 12.8. The maximum Gasteiger partial charge on any atom is 0.310 e. The number of carbonyl (C=O) groups excluding carboxylic acids is 2. The predicted octanol–water partition coefficient (Wildman–Crippen LogP) is 8.15.